The van der Waals surface area contributed by atoms with E-state index in [0.29, 0.717) is 5.41 Å². The molecule has 3 aliphatic rings. The summed E-state index contributed by atoms with van der Waals surface area (Å²) in [6, 6.07) is 0. The van der Waals surface area contributed by atoms with Gasteiger partial charge >= 0.3 is 0 Å². The van der Waals surface area contributed by atoms with Crippen molar-refractivity contribution in [1.82, 2.24) is 0 Å². The first-order valence-electron chi connectivity index (χ1n) is 6.74. The smallest absolute Gasteiger partial charge is 0.0257 e. The zero-order valence-corrected chi connectivity index (χ0v) is 10.6. The average molecular weight is 222 g/mol. The second-order valence-corrected chi connectivity index (χ2v) is 6.55. The van der Waals surface area contributed by atoms with Gasteiger partial charge in [0.05, 0.1) is 0 Å². The van der Waals surface area contributed by atoms with Gasteiger partial charge in [0.15, 0.2) is 0 Å². The Morgan fingerprint density at radius 1 is 1.06 bits per heavy atom. The number of hydrogen-bond acceptors (Lipinski definition) is 0. The molecule has 0 radical (unpaired) electrons. The molecule has 16 heavy (non-hydrogen) atoms. The van der Waals surface area contributed by atoms with Crippen LogP contribution in [0.5, 0.6) is 0 Å². The molecule has 0 heteroatoms. The molecule has 0 heterocycles. The fourth-order valence-electron chi connectivity index (χ4n) is 3.75. The fourth-order valence-corrected chi connectivity index (χ4v) is 3.75. The average Bonchev–Trinajstić information content (AvgIpc) is 2.17. The molecule has 0 aromatic heterocycles. The zero-order valence-electron chi connectivity index (χ0n) is 10.6. The molecule has 2 bridgehead atoms. The number of hydrogen-bond donors (Lipinski definition) is 0. The minimum absolute atomic E-state index is 0. The molecular formula is C16H30. The van der Waals surface area contributed by atoms with Crippen molar-refractivity contribution in [2.75, 3.05) is 0 Å². The van der Waals surface area contributed by atoms with Gasteiger partial charge in [-0.1, -0.05) is 40.3 Å². The van der Waals surface area contributed by atoms with Crippen LogP contribution in [0.2, 0.25) is 0 Å². The summed E-state index contributed by atoms with van der Waals surface area (Å²) in [5, 5.41) is 0. The summed E-state index contributed by atoms with van der Waals surface area (Å²) >= 11 is 0. The lowest BCUT2D eigenvalue weighted by atomic mass is 9.64. The summed E-state index contributed by atoms with van der Waals surface area (Å²) in [6.45, 7) is 7.36. The van der Waals surface area contributed by atoms with E-state index in [2.05, 4.69) is 32.9 Å². The van der Waals surface area contributed by atoms with Gasteiger partial charge < -0.3 is 0 Å². The fraction of sp³-hybridized carbons (Fsp3) is 0.875. The van der Waals surface area contributed by atoms with E-state index in [9.17, 15) is 0 Å². The zero-order chi connectivity index (χ0) is 10.9. The van der Waals surface area contributed by atoms with Crippen LogP contribution in [-0.2, 0) is 0 Å². The molecule has 94 valence electrons. The van der Waals surface area contributed by atoms with Gasteiger partial charge in [-0.15, -0.1) is 0 Å². The minimum Gasteiger partial charge on any atom is -0.0880 e. The van der Waals surface area contributed by atoms with Crippen LogP contribution in [-0.4, -0.2) is 0 Å². The molecule has 0 aromatic carbocycles. The Morgan fingerprint density at radius 3 is 2.31 bits per heavy atom. The van der Waals surface area contributed by atoms with E-state index in [-0.39, 0.29) is 7.43 Å². The summed E-state index contributed by atoms with van der Waals surface area (Å²) < 4.78 is 0. The van der Waals surface area contributed by atoms with Crippen molar-refractivity contribution in [2.45, 2.75) is 66.7 Å². The lowest BCUT2D eigenvalue weighted by Crippen LogP contribution is -2.30. The highest BCUT2D eigenvalue weighted by molar-refractivity contribution is 4.95. The molecule has 0 N–H and O–H groups in total. The van der Waals surface area contributed by atoms with E-state index >= 15 is 0 Å². The summed E-state index contributed by atoms with van der Waals surface area (Å²) in [5.41, 5.74) is 0.562. The Morgan fingerprint density at radius 2 is 1.69 bits per heavy atom. The summed E-state index contributed by atoms with van der Waals surface area (Å²) in [6.07, 6.45) is 13.6. The second-order valence-electron chi connectivity index (χ2n) is 6.55. The van der Waals surface area contributed by atoms with Gasteiger partial charge in [-0.2, -0.15) is 0 Å². The van der Waals surface area contributed by atoms with Gasteiger partial charge in [-0.05, 0) is 61.7 Å². The molecule has 1 unspecified atom stereocenters. The Balaban J connectivity index is 0.00000128. The molecule has 0 aromatic rings. The van der Waals surface area contributed by atoms with Crippen molar-refractivity contribution < 1.29 is 0 Å². The summed E-state index contributed by atoms with van der Waals surface area (Å²) in [7, 11) is 0. The first-order chi connectivity index (χ1) is 7.08. The van der Waals surface area contributed by atoms with Crippen molar-refractivity contribution in [3.05, 3.63) is 12.2 Å². The monoisotopic (exact) mass is 222 g/mol. The maximum Gasteiger partial charge on any atom is -0.0257 e. The van der Waals surface area contributed by atoms with Gasteiger partial charge in [0.25, 0.3) is 0 Å². The third-order valence-electron chi connectivity index (χ3n) is 4.73. The first-order valence-corrected chi connectivity index (χ1v) is 6.74. The van der Waals surface area contributed by atoms with E-state index < -0.39 is 0 Å². The van der Waals surface area contributed by atoms with Crippen molar-refractivity contribution in [3.63, 3.8) is 0 Å². The number of fused-ring (bicyclic) bond motifs is 6. The minimum atomic E-state index is 0. The van der Waals surface area contributed by atoms with E-state index in [1.54, 1.807) is 0 Å². The quantitative estimate of drug-likeness (QED) is 0.479. The van der Waals surface area contributed by atoms with Crippen LogP contribution >= 0.6 is 0 Å². The predicted molar refractivity (Wildman–Crippen MR) is 73.5 cm³/mol. The molecule has 1 atom stereocenters. The first kappa shape index (κ1) is 13.8. The number of rotatable bonds is 0. The molecule has 1 fully saturated rings. The van der Waals surface area contributed by atoms with Crippen LogP contribution in [0.3, 0.4) is 0 Å². The molecule has 0 nitrogen and oxygen atoms in total. The molecule has 0 saturated heterocycles. The van der Waals surface area contributed by atoms with E-state index in [4.69, 9.17) is 0 Å². The van der Waals surface area contributed by atoms with Crippen LogP contribution in [0.15, 0.2) is 12.2 Å². The SMILES string of the molecule is C.CC1/C=C/CC2CCC(CC2)C(C)(C)C1. The van der Waals surface area contributed by atoms with Crippen LogP contribution < -0.4 is 0 Å². The molecular weight excluding hydrogens is 192 g/mol. The predicted octanol–water partition coefficient (Wildman–Crippen LogP) is 5.44. The van der Waals surface area contributed by atoms with E-state index in [1.165, 1.54) is 38.5 Å². The largest absolute Gasteiger partial charge is 0.0880 e. The van der Waals surface area contributed by atoms with Gasteiger partial charge in [-0.3, -0.25) is 0 Å². The molecule has 3 rings (SSSR count). The van der Waals surface area contributed by atoms with Crippen molar-refractivity contribution >= 4 is 0 Å². The topological polar surface area (TPSA) is 0 Å². The Labute approximate surface area is 103 Å². The van der Waals surface area contributed by atoms with Crippen molar-refractivity contribution in [2.24, 2.45) is 23.2 Å². The number of allylic oxidation sites excluding steroid dienone is 2. The normalized spacial score (nSPS) is 39.8. The third-order valence-corrected chi connectivity index (χ3v) is 4.73. The lowest BCUT2D eigenvalue weighted by Gasteiger charge is -2.41. The van der Waals surface area contributed by atoms with Crippen LogP contribution in [0.25, 0.3) is 0 Å². The molecule has 0 amide bonds. The van der Waals surface area contributed by atoms with Gasteiger partial charge in [0, 0.05) is 0 Å². The standard InChI is InChI=1S/C15H26.CH4/c1-12-5-4-6-13-7-9-14(10-8-13)15(2,3)11-12;/h4-5,12-14H,6-11H2,1-3H3;1H4/b5-4+;. The Bertz CT molecular complexity index is 228. The summed E-state index contributed by atoms with van der Waals surface area (Å²) in [4.78, 5) is 0. The highest BCUT2D eigenvalue weighted by atomic mass is 14.4. The highest BCUT2D eigenvalue weighted by Crippen LogP contribution is 2.45. The van der Waals surface area contributed by atoms with E-state index in [1.807, 2.05) is 0 Å². The van der Waals surface area contributed by atoms with Crippen LogP contribution in [0, 0.1) is 23.2 Å². The summed E-state index contributed by atoms with van der Waals surface area (Å²) in [5.74, 6) is 2.76. The van der Waals surface area contributed by atoms with Gasteiger partial charge in [0.1, 0.15) is 0 Å². The van der Waals surface area contributed by atoms with Crippen LogP contribution in [0.4, 0.5) is 0 Å². The van der Waals surface area contributed by atoms with Crippen molar-refractivity contribution in [3.8, 4) is 0 Å². The van der Waals surface area contributed by atoms with E-state index in [0.717, 1.165) is 17.8 Å². The lowest BCUT2D eigenvalue weighted by molar-refractivity contribution is 0.111. The Hall–Kier alpha value is -0.260. The maximum atomic E-state index is 2.49. The maximum absolute atomic E-state index is 2.49. The van der Waals surface area contributed by atoms with Gasteiger partial charge in [-0.25, -0.2) is 0 Å². The molecule has 0 spiro atoms. The molecule has 3 aliphatic carbocycles. The highest BCUT2D eigenvalue weighted by Gasteiger charge is 2.34. The molecule has 0 aliphatic heterocycles. The second kappa shape index (κ2) is 5.38. The van der Waals surface area contributed by atoms with Crippen molar-refractivity contribution in [1.29, 1.82) is 0 Å². The third kappa shape index (κ3) is 3.12. The van der Waals surface area contributed by atoms with Gasteiger partial charge in [0.2, 0.25) is 0 Å². The Kier molecular flexibility index (Phi) is 4.64. The van der Waals surface area contributed by atoms with Crippen LogP contribution in [0.1, 0.15) is 66.7 Å². The molecule has 1 saturated carbocycles.